The highest BCUT2D eigenvalue weighted by Gasteiger charge is 2.23. The number of sulfonamides is 1. The lowest BCUT2D eigenvalue weighted by atomic mass is 10.1. The highest BCUT2D eigenvalue weighted by atomic mass is 35.5. The number of rotatable bonds is 5. The van der Waals surface area contributed by atoms with Crippen LogP contribution >= 0.6 is 11.6 Å². The molecule has 0 saturated heterocycles. The van der Waals surface area contributed by atoms with Crippen LogP contribution in [0.3, 0.4) is 0 Å². The predicted octanol–water partition coefficient (Wildman–Crippen LogP) is 2.19. The third-order valence-electron chi connectivity index (χ3n) is 2.54. The number of likely N-dealkylation sites (N-methyl/N-ethyl adjacent to an activating group) is 1. The van der Waals surface area contributed by atoms with E-state index in [-0.39, 0.29) is 23.1 Å². The van der Waals surface area contributed by atoms with Gasteiger partial charge >= 0.3 is 0 Å². The van der Waals surface area contributed by atoms with E-state index in [1.165, 1.54) is 31.3 Å². The van der Waals surface area contributed by atoms with Gasteiger partial charge in [0, 0.05) is 18.0 Å². The van der Waals surface area contributed by atoms with Crippen molar-refractivity contribution in [3.05, 3.63) is 29.3 Å². The van der Waals surface area contributed by atoms with E-state index in [0.29, 0.717) is 5.02 Å². The fraction of sp³-hybridized carbons (Fsp3) is 0.417. The number of benzene rings is 1. The molecule has 1 rings (SSSR count). The molecule has 1 aromatic rings. The molecule has 0 unspecified atom stereocenters. The number of hydrogen-bond acceptors (Lipinski definition) is 3. The van der Waals surface area contributed by atoms with Crippen molar-refractivity contribution in [2.45, 2.75) is 18.7 Å². The average molecular weight is 290 g/mol. The van der Waals surface area contributed by atoms with Crippen LogP contribution in [0, 0.1) is 5.92 Å². The Morgan fingerprint density at radius 3 is 2.22 bits per heavy atom. The van der Waals surface area contributed by atoms with Crippen molar-refractivity contribution >= 4 is 27.4 Å². The van der Waals surface area contributed by atoms with Gasteiger partial charge in [0.25, 0.3) is 0 Å². The van der Waals surface area contributed by atoms with E-state index in [2.05, 4.69) is 0 Å². The second kappa shape index (κ2) is 5.82. The summed E-state index contributed by atoms with van der Waals surface area (Å²) in [6, 6.07) is 5.86. The van der Waals surface area contributed by atoms with E-state index >= 15 is 0 Å². The number of carbonyl (C=O) groups is 1. The van der Waals surface area contributed by atoms with Gasteiger partial charge < -0.3 is 0 Å². The number of hydrogen-bond donors (Lipinski definition) is 0. The summed E-state index contributed by atoms with van der Waals surface area (Å²) in [5, 5.41) is 0.467. The second-order valence-electron chi connectivity index (χ2n) is 4.34. The van der Waals surface area contributed by atoms with E-state index in [4.69, 9.17) is 11.6 Å². The van der Waals surface area contributed by atoms with Crippen LogP contribution in [0.2, 0.25) is 5.02 Å². The lowest BCUT2D eigenvalue weighted by Crippen LogP contribution is -2.33. The molecule has 0 radical (unpaired) electrons. The van der Waals surface area contributed by atoms with Crippen LogP contribution in [0.5, 0.6) is 0 Å². The Morgan fingerprint density at radius 2 is 1.78 bits per heavy atom. The minimum absolute atomic E-state index is 0.116. The van der Waals surface area contributed by atoms with Gasteiger partial charge in [0.15, 0.2) is 0 Å². The Kier molecular flexibility index (Phi) is 4.90. The van der Waals surface area contributed by atoms with Crippen molar-refractivity contribution in [3.8, 4) is 0 Å². The lowest BCUT2D eigenvalue weighted by Gasteiger charge is -2.17. The van der Waals surface area contributed by atoms with Crippen LogP contribution in [0.15, 0.2) is 29.2 Å². The normalized spacial score (nSPS) is 12.1. The number of nitrogens with zero attached hydrogens (tertiary/aromatic N) is 1. The summed E-state index contributed by atoms with van der Waals surface area (Å²) in [6.45, 7) is 3.36. The highest BCUT2D eigenvalue weighted by molar-refractivity contribution is 7.89. The Labute approximate surface area is 113 Å². The standard InChI is InChI=1S/C12H16ClNO3S/c1-9(2)12(15)8-14(3)18(16,17)11-6-4-10(13)5-7-11/h4-7,9H,8H2,1-3H3. The molecular weight excluding hydrogens is 274 g/mol. The molecule has 0 aromatic heterocycles. The maximum absolute atomic E-state index is 12.1. The first-order chi connectivity index (χ1) is 8.25. The SMILES string of the molecule is CC(C)C(=O)CN(C)S(=O)(=O)c1ccc(Cl)cc1. The summed E-state index contributed by atoms with van der Waals surface area (Å²) >= 11 is 5.70. The quantitative estimate of drug-likeness (QED) is 0.835. The number of Topliss-reactive ketones (excluding diaryl/α,β-unsaturated/α-hetero) is 1. The molecule has 0 saturated carbocycles. The molecule has 0 fully saturated rings. The summed E-state index contributed by atoms with van der Waals surface area (Å²) < 4.78 is 25.3. The molecule has 0 heterocycles. The summed E-state index contributed by atoms with van der Waals surface area (Å²) in [5.41, 5.74) is 0. The van der Waals surface area contributed by atoms with Gasteiger partial charge in [-0.15, -0.1) is 0 Å². The lowest BCUT2D eigenvalue weighted by molar-refractivity contribution is -0.121. The molecule has 1 aromatic carbocycles. The molecule has 6 heteroatoms. The Balaban J connectivity index is 2.93. The summed E-state index contributed by atoms with van der Waals surface area (Å²) in [5.74, 6) is -0.303. The zero-order valence-corrected chi connectivity index (χ0v) is 12.1. The summed E-state index contributed by atoms with van der Waals surface area (Å²) in [4.78, 5) is 11.7. The van der Waals surface area contributed by atoms with E-state index in [0.717, 1.165) is 4.31 Å². The largest absolute Gasteiger partial charge is 0.298 e. The fourth-order valence-electron chi connectivity index (χ4n) is 1.27. The predicted molar refractivity (Wildman–Crippen MR) is 71.1 cm³/mol. The van der Waals surface area contributed by atoms with Gasteiger partial charge in [-0.3, -0.25) is 4.79 Å². The Hall–Kier alpha value is -0.910. The number of carbonyl (C=O) groups excluding carboxylic acids is 1. The maximum atomic E-state index is 12.1. The van der Waals surface area contributed by atoms with Gasteiger partial charge in [-0.2, -0.15) is 4.31 Å². The van der Waals surface area contributed by atoms with Gasteiger partial charge in [-0.25, -0.2) is 8.42 Å². The first kappa shape index (κ1) is 15.1. The molecule has 0 N–H and O–H groups in total. The Bertz CT molecular complexity index is 523. The smallest absolute Gasteiger partial charge is 0.243 e. The number of halogens is 1. The molecule has 4 nitrogen and oxygen atoms in total. The van der Waals surface area contributed by atoms with Crippen molar-refractivity contribution < 1.29 is 13.2 Å². The second-order valence-corrected chi connectivity index (χ2v) is 6.82. The van der Waals surface area contributed by atoms with E-state index in [9.17, 15) is 13.2 Å². The molecule has 0 atom stereocenters. The topological polar surface area (TPSA) is 54.5 Å². The van der Waals surface area contributed by atoms with E-state index in [1.54, 1.807) is 13.8 Å². The van der Waals surface area contributed by atoms with Crippen molar-refractivity contribution in [2.24, 2.45) is 5.92 Å². The molecule has 18 heavy (non-hydrogen) atoms. The summed E-state index contributed by atoms with van der Waals surface area (Å²) in [7, 11) is -2.24. The van der Waals surface area contributed by atoms with Crippen molar-refractivity contribution in [2.75, 3.05) is 13.6 Å². The molecule has 0 spiro atoms. The van der Waals surface area contributed by atoms with Crippen LogP contribution < -0.4 is 0 Å². The van der Waals surface area contributed by atoms with Crippen LogP contribution in [0.25, 0.3) is 0 Å². The van der Waals surface area contributed by atoms with Crippen molar-refractivity contribution in [1.82, 2.24) is 4.31 Å². The van der Waals surface area contributed by atoms with Crippen LogP contribution in [-0.4, -0.2) is 32.1 Å². The molecule has 0 bridgehead atoms. The third-order valence-corrected chi connectivity index (χ3v) is 4.61. The molecular formula is C12H16ClNO3S. The summed E-state index contributed by atoms with van der Waals surface area (Å²) in [6.07, 6.45) is 0. The van der Waals surface area contributed by atoms with Crippen molar-refractivity contribution in [1.29, 1.82) is 0 Å². The van der Waals surface area contributed by atoms with Gasteiger partial charge in [-0.05, 0) is 24.3 Å². The van der Waals surface area contributed by atoms with Crippen molar-refractivity contribution in [3.63, 3.8) is 0 Å². The Morgan fingerprint density at radius 1 is 1.28 bits per heavy atom. The van der Waals surface area contributed by atoms with Crippen LogP contribution in [-0.2, 0) is 14.8 Å². The molecule has 0 aliphatic rings. The van der Waals surface area contributed by atoms with E-state index in [1.807, 2.05) is 0 Å². The fourth-order valence-corrected chi connectivity index (χ4v) is 2.54. The monoisotopic (exact) mass is 289 g/mol. The van der Waals surface area contributed by atoms with Gasteiger partial charge in [0.05, 0.1) is 11.4 Å². The van der Waals surface area contributed by atoms with Gasteiger partial charge in [-0.1, -0.05) is 25.4 Å². The third kappa shape index (κ3) is 3.54. The zero-order valence-electron chi connectivity index (χ0n) is 10.6. The van der Waals surface area contributed by atoms with Crippen LogP contribution in [0.4, 0.5) is 0 Å². The minimum Gasteiger partial charge on any atom is -0.298 e. The molecule has 0 aliphatic carbocycles. The first-order valence-corrected chi connectivity index (χ1v) is 7.31. The molecule has 0 aliphatic heterocycles. The zero-order chi connectivity index (χ0) is 13.9. The van der Waals surface area contributed by atoms with Gasteiger partial charge in [0.1, 0.15) is 5.78 Å². The minimum atomic E-state index is -3.63. The highest BCUT2D eigenvalue weighted by Crippen LogP contribution is 2.17. The molecule has 0 amide bonds. The van der Waals surface area contributed by atoms with Gasteiger partial charge in [0.2, 0.25) is 10.0 Å². The van der Waals surface area contributed by atoms with Crippen LogP contribution in [0.1, 0.15) is 13.8 Å². The number of ketones is 1. The maximum Gasteiger partial charge on any atom is 0.243 e. The first-order valence-electron chi connectivity index (χ1n) is 5.49. The van der Waals surface area contributed by atoms with E-state index < -0.39 is 10.0 Å². The molecule has 100 valence electrons. The average Bonchev–Trinajstić information content (AvgIpc) is 2.29.